The minimum absolute atomic E-state index is 0.147. The molecule has 0 radical (unpaired) electrons. The van der Waals surface area contributed by atoms with Crippen molar-refractivity contribution in [2.45, 2.75) is 25.8 Å². The zero-order valence-corrected chi connectivity index (χ0v) is 16.2. The molecular formula is C22H20ClN3O2. The van der Waals surface area contributed by atoms with Crippen molar-refractivity contribution in [2.24, 2.45) is 0 Å². The Morgan fingerprint density at radius 1 is 0.929 bits per heavy atom. The van der Waals surface area contributed by atoms with E-state index in [0.717, 1.165) is 25.2 Å². The maximum absolute atomic E-state index is 13.1. The van der Waals surface area contributed by atoms with Crippen molar-refractivity contribution in [1.82, 2.24) is 14.7 Å². The Morgan fingerprint density at radius 3 is 2.46 bits per heavy atom. The second kappa shape index (κ2) is 6.83. The molecule has 1 fully saturated rings. The van der Waals surface area contributed by atoms with Gasteiger partial charge in [-0.05, 0) is 38.1 Å². The van der Waals surface area contributed by atoms with Crippen LogP contribution in [-0.4, -0.2) is 40.1 Å². The molecule has 0 N–H and O–H groups in total. The largest absolute Gasteiger partial charge is 0.301 e. The van der Waals surface area contributed by atoms with E-state index in [2.05, 4.69) is 4.90 Å². The van der Waals surface area contributed by atoms with Gasteiger partial charge in [0, 0.05) is 23.1 Å². The molecule has 0 unspecified atom stereocenters. The van der Waals surface area contributed by atoms with Gasteiger partial charge in [-0.15, -0.1) is 0 Å². The fourth-order valence-corrected chi connectivity index (χ4v) is 4.60. The second-order valence-corrected chi connectivity index (χ2v) is 7.91. The van der Waals surface area contributed by atoms with Gasteiger partial charge in [0.05, 0.1) is 22.5 Å². The van der Waals surface area contributed by atoms with Gasteiger partial charge >= 0.3 is 0 Å². The molecule has 2 heterocycles. The molecular weight excluding hydrogens is 374 g/mol. The Labute approximate surface area is 167 Å². The molecule has 1 aromatic heterocycles. The van der Waals surface area contributed by atoms with Crippen molar-refractivity contribution in [3.8, 4) is 11.3 Å². The smallest absolute Gasteiger partial charge is 0.274 e. The molecule has 1 saturated heterocycles. The van der Waals surface area contributed by atoms with Crippen LogP contribution in [0.25, 0.3) is 22.0 Å². The third kappa shape index (κ3) is 2.69. The summed E-state index contributed by atoms with van der Waals surface area (Å²) in [5, 5.41) is 6.15. The first-order chi connectivity index (χ1) is 13.6. The zero-order chi connectivity index (χ0) is 19.3. The summed E-state index contributed by atoms with van der Waals surface area (Å²) in [5.41, 5.74) is 2.24. The summed E-state index contributed by atoms with van der Waals surface area (Å²) in [7, 11) is 0. The number of benzene rings is 2. The van der Waals surface area contributed by atoms with Crippen LogP contribution >= 0.6 is 11.6 Å². The van der Waals surface area contributed by atoms with Crippen molar-refractivity contribution in [1.29, 1.82) is 0 Å². The summed E-state index contributed by atoms with van der Waals surface area (Å²) in [6, 6.07) is 10.8. The molecule has 2 aromatic carbocycles. The monoisotopic (exact) mass is 393 g/mol. The van der Waals surface area contributed by atoms with Crippen molar-refractivity contribution < 1.29 is 4.79 Å². The highest BCUT2D eigenvalue weighted by molar-refractivity contribution is 6.39. The Hall–Kier alpha value is -2.50. The molecule has 142 valence electrons. The lowest BCUT2D eigenvalue weighted by Gasteiger charge is -2.26. The molecule has 5 rings (SSSR count). The number of carbonyl (C=O) groups is 1. The number of fused-ring (bicyclic) bond motifs is 2. The summed E-state index contributed by atoms with van der Waals surface area (Å²) >= 11 is 6.36. The maximum atomic E-state index is 13.1. The topological polar surface area (TPSA) is 55.2 Å². The number of carbonyl (C=O) groups excluding carboxylic acids is 1. The van der Waals surface area contributed by atoms with E-state index in [-0.39, 0.29) is 11.3 Å². The third-order valence-electron chi connectivity index (χ3n) is 5.81. The summed E-state index contributed by atoms with van der Waals surface area (Å²) in [5.74, 6) is -0.147. The van der Waals surface area contributed by atoms with Crippen LogP contribution in [0.3, 0.4) is 0 Å². The zero-order valence-electron chi connectivity index (χ0n) is 15.4. The maximum Gasteiger partial charge on any atom is 0.274 e. The number of hydrogen-bond acceptors (Lipinski definition) is 4. The minimum Gasteiger partial charge on any atom is -0.301 e. The standard InChI is InChI=1S/C22H20ClN3O2/c23-17-9-8-16-18-19(17)21(27)15-7-3-2-6-14(15)20(18)24-26(22(16)28)13-12-25-10-4-1-5-11-25/h2-3,6-9H,1,4-5,10-13H2. The number of piperidine rings is 1. The lowest BCUT2D eigenvalue weighted by atomic mass is 9.86. The number of nitrogens with zero attached hydrogens (tertiary/aromatic N) is 3. The molecule has 1 aliphatic carbocycles. The predicted molar refractivity (Wildman–Crippen MR) is 110 cm³/mol. The van der Waals surface area contributed by atoms with Crippen LogP contribution in [0.15, 0.2) is 41.2 Å². The SMILES string of the molecule is O=C1c2ccccc2-c2nn(CCN3CCCCC3)c(=O)c3ccc(Cl)c1c23. The highest BCUT2D eigenvalue weighted by Gasteiger charge is 2.30. The number of likely N-dealkylation sites (tertiary alicyclic amines) is 1. The van der Waals surface area contributed by atoms with Crippen LogP contribution in [0, 0.1) is 0 Å². The lowest BCUT2D eigenvalue weighted by Crippen LogP contribution is -2.36. The Kier molecular flexibility index (Phi) is 4.29. The normalized spacial score (nSPS) is 16.4. The van der Waals surface area contributed by atoms with Crippen molar-refractivity contribution >= 4 is 28.2 Å². The molecule has 2 aliphatic rings. The van der Waals surface area contributed by atoms with Crippen molar-refractivity contribution in [3.63, 3.8) is 0 Å². The minimum atomic E-state index is -0.166. The third-order valence-corrected chi connectivity index (χ3v) is 6.12. The first-order valence-electron chi connectivity index (χ1n) is 9.75. The lowest BCUT2D eigenvalue weighted by molar-refractivity contribution is 0.104. The molecule has 1 aliphatic heterocycles. The van der Waals surface area contributed by atoms with E-state index in [1.807, 2.05) is 18.2 Å². The first-order valence-corrected chi connectivity index (χ1v) is 10.1. The molecule has 0 amide bonds. The second-order valence-electron chi connectivity index (χ2n) is 7.50. The first kappa shape index (κ1) is 17.6. The summed E-state index contributed by atoms with van der Waals surface area (Å²) in [4.78, 5) is 28.5. The fourth-order valence-electron chi connectivity index (χ4n) is 4.36. The van der Waals surface area contributed by atoms with Crippen LogP contribution in [0.5, 0.6) is 0 Å². The van der Waals surface area contributed by atoms with Gasteiger partial charge in [0.25, 0.3) is 5.56 Å². The van der Waals surface area contributed by atoms with Crippen molar-refractivity contribution in [2.75, 3.05) is 19.6 Å². The van der Waals surface area contributed by atoms with Crippen LogP contribution in [0.1, 0.15) is 35.2 Å². The van der Waals surface area contributed by atoms with Gasteiger partial charge in [0.2, 0.25) is 0 Å². The van der Waals surface area contributed by atoms with Crippen LogP contribution in [0.4, 0.5) is 0 Å². The average Bonchev–Trinajstić information content (AvgIpc) is 2.73. The van der Waals surface area contributed by atoms with Crippen LogP contribution in [0.2, 0.25) is 5.02 Å². The average molecular weight is 394 g/mol. The highest BCUT2D eigenvalue weighted by Crippen LogP contribution is 2.39. The Morgan fingerprint density at radius 2 is 1.68 bits per heavy atom. The van der Waals surface area contributed by atoms with E-state index in [9.17, 15) is 9.59 Å². The van der Waals surface area contributed by atoms with Gasteiger partial charge in [-0.25, -0.2) is 4.68 Å². The molecule has 6 heteroatoms. The van der Waals surface area contributed by atoms with E-state index in [0.29, 0.717) is 39.2 Å². The summed E-state index contributed by atoms with van der Waals surface area (Å²) in [6.07, 6.45) is 3.70. The van der Waals surface area contributed by atoms with E-state index in [1.54, 1.807) is 22.9 Å². The van der Waals surface area contributed by atoms with E-state index in [1.165, 1.54) is 19.3 Å². The van der Waals surface area contributed by atoms with Gasteiger partial charge < -0.3 is 4.90 Å². The summed E-state index contributed by atoms with van der Waals surface area (Å²) < 4.78 is 1.55. The number of aromatic nitrogens is 2. The predicted octanol–water partition coefficient (Wildman–Crippen LogP) is 3.75. The van der Waals surface area contributed by atoms with E-state index >= 15 is 0 Å². The molecule has 5 nitrogen and oxygen atoms in total. The van der Waals surface area contributed by atoms with Gasteiger partial charge in [0.1, 0.15) is 5.69 Å². The molecule has 0 atom stereocenters. The molecule has 28 heavy (non-hydrogen) atoms. The van der Waals surface area contributed by atoms with E-state index in [4.69, 9.17) is 16.7 Å². The number of rotatable bonds is 3. The molecule has 0 spiro atoms. The van der Waals surface area contributed by atoms with Gasteiger partial charge in [0.15, 0.2) is 5.78 Å². The van der Waals surface area contributed by atoms with Gasteiger partial charge in [-0.3, -0.25) is 9.59 Å². The quantitative estimate of drug-likeness (QED) is 0.532. The van der Waals surface area contributed by atoms with Crippen LogP contribution < -0.4 is 5.56 Å². The van der Waals surface area contributed by atoms with Crippen molar-refractivity contribution in [3.05, 3.63) is 62.9 Å². The van der Waals surface area contributed by atoms with Gasteiger partial charge in [-0.1, -0.05) is 42.3 Å². The fraction of sp³-hybridized carbons (Fsp3) is 0.318. The Balaban J connectivity index is 1.68. The van der Waals surface area contributed by atoms with E-state index < -0.39 is 0 Å². The van der Waals surface area contributed by atoms with Gasteiger partial charge in [-0.2, -0.15) is 5.10 Å². The van der Waals surface area contributed by atoms with Crippen LogP contribution in [-0.2, 0) is 6.54 Å². The molecule has 3 aromatic rings. The number of halogens is 1. The Bertz CT molecular complexity index is 1160. The summed E-state index contributed by atoms with van der Waals surface area (Å²) in [6.45, 7) is 3.49. The molecule has 0 bridgehead atoms. The number of hydrogen-bond donors (Lipinski definition) is 0. The highest BCUT2D eigenvalue weighted by atomic mass is 35.5. The molecule has 0 saturated carbocycles. The number of ketones is 1.